The molecule has 9 heteroatoms. The summed E-state index contributed by atoms with van der Waals surface area (Å²) in [5.74, 6) is -0.943. The van der Waals surface area contributed by atoms with Crippen LogP contribution in [-0.4, -0.2) is 60.1 Å². The quantitative estimate of drug-likeness (QED) is 0.347. The highest BCUT2D eigenvalue weighted by atomic mass is 35.5. The Bertz CT molecular complexity index is 865. The molecule has 0 saturated carbocycles. The molecule has 0 unspecified atom stereocenters. The van der Waals surface area contributed by atoms with Gasteiger partial charge in [-0.1, -0.05) is 29.8 Å². The molecule has 1 aliphatic rings. The van der Waals surface area contributed by atoms with Gasteiger partial charge in [0.15, 0.2) is 0 Å². The van der Waals surface area contributed by atoms with E-state index in [0.29, 0.717) is 23.6 Å². The number of rotatable bonds is 8. The minimum atomic E-state index is -1.73. The van der Waals surface area contributed by atoms with Gasteiger partial charge in [0.05, 0.1) is 13.2 Å². The molecule has 1 fully saturated rings. The van der Waals surface area contributed by atoms with Gasteiger partial charge < -0.3 is 33.7 Å². The van der Waals surface area contributed by atoms with Crippen LogP contribution in [0.5, 0.6) is 5.75 Å². The summed E-state index contributed by atoms with van der Waals surface area (Å²) in [6.45, 7) is 2.40. The molecule has 0 amide bonds. The number of ether oxygens (including phenoxy) is 3. The van der Waals surface area contributed by atoms with Gasteiger partial charge in [-0.15, -0.1) is 0 Å². The zero-order valence-corrected chi connectivity index (χ0v) is 18.9. The molecule has 2 aromatic rings. The van der Waals surface area contributed by atoms with E-state index in [1.165, 1.54) is 7.11 Å². The van der Waals surface area contributed by atoms with Gasteiger partial charge in [0, 0.05) is 17.7 Å². The van der Waals surface area contributed by atoms with Gasteiger partial charge in [0.2, 0.25) is 5.79 Å². The van der Waals surface area contributed by atoms with Crippen molar-refractivity contribution in [2.24, 2.45) is 0 Å². The van der Waals surface area contributed by atoms with Crippen LogP contribution < -0.4 is 4.74 Å². The molecule has 0 aliphatic carbocycles. The monoisotopic (exact) mass is 470 g/mol. The fourth-order valence-corrected chi connectivity index (χ4v) is 4.08. The van der Waals surface area contributed by atoms with E-state index in [-0.39, 0.29) is 6.61 Å². The number of benzene rings is 2. The highest BCUT2D eigenvalue weighted by molar-refractivity contribution is 7.75. The van der Waals surface area contributed by atoms with E-state index >= 15 is 0 Å². The van der Waals surface area contributed by atoms with Crippen molar-refractivity contribution in [3.63, 3.8) is 0 Å². The summed E-state index contributed by atoms with van der Waals surface area (Å²) in [5.41, 5.74) is 2.23. The third-order valence-electron chi connectivity index (χ3n) is 5.39. The number of thiol groups is 1. The van der Waals surface area contributed by atoms with E-state index in [2.05, 4.69) is 12.9 Å². The van der Waals surface area contributed by atoms with Crippen molar-refractivity contribution >= 4 is 24.5 Å². The molecule has 2 aromatic carbocycles. The van der Waals surface area contributed by atoms with Crippen LogP contribution in [0.1, 0.15) is 23.6 Å². The van der Waals surface area contributed by atoms with E-state index in [0.717, 1.165) is 16.9 Å². The molecule has 1 saturated heterocycles. The lowest BCUT2D eigenvalue weighted by atomic mass is 9.87. The summed E-state index contributed by atoms with van der Waals surface area (Å²) < 4.78 is 21.8. The van der Waals surface area contributed by atoms with E-state index in [1.807, 2.05) is 31.2 Å². The highest BCUT2D eigenvalue weighted by Gasteiger charge is 2.55. The highest BCUT2D eigenvalue weighted by Crippen LogP contribution is 2.40. The van der Waals surface area contributed by atoms with E-state index in [9.17, 15) is 15.3 Å². The van der Waals surface area contributed by atoms with Crippen molar-refractivity contribution in [2.45, 2.75) is 43.5 Å². The first-order valence-electron chi connectivity index (χ1n) is 9.90. The molecule has 0 spiro atoms. The van der Waals surface area contributed by atoms with Gasteiger partial charge in [-0.25, -0.2) is 0 Å². The Morgan fingerprint density at radius 1 is 1.10 bits per heavy atom. The second kappa shape index (κ2) is 10.5. The van der Waals surface area contributed by atoms with E-state index < -0.39 is 30.2 Å². The number of methoxy groups -OCH3 is 1. The first-order chi connectivity index (χ1) is 14.9. The second-order valence-electron chi connectivity index (χ2n) is 7.31. The Balaban J connectivity index is 1.93. The molecule has 7 nitrogen and oxygen atoms in total. The number of hydrogen-bond acceptors (Lipinski definition) is 8. The molecule has 31 heavy (non-hydrogen) atoms. The van der Waals surface area contributed by atoms with Gasteiger partial charge in [-0.3, -0.25) is 0 Å². The number of aliphatic hydroxyl groups is 3. The summed E-state index contributed by atoms with van der Waals surface area (Å²) >= 11 is 10.1. The van der Waals surface area contributed by atoms with Crippen molar-refractivity contribution in [3.05, 3.63) is 64.2 Å². The maximum atomic E-state index is 10.8. The molecule has 3 rings (SSSR count). The Hall–Kier alpha value is -1.36. The SMILES string of the molecule is CCOc1ccc(Cc2cc([C@]3(OC)O[C@H](COS)[C@@H](O)[C@H](O)[C@H]3O)ccc2Cl)cc1. The molecule has 0 radical (unpaired) electrons. The molecule has 1 aliphatic heterocycles. The van der Waals surface area contributed by atoms with Crippen LogP contribution in [0.2, 0.25) is 5.02 Å². The zero-order chi connectivity index (χ0) is 22.6. The van der Waals surface area contributed by atoms with E-state index in [4.69, 9.17) is 30.0 Å². The van der Waals surface area contributed by atoms with Crippen LogP contribution in [0.3, 0.4) is 0 Å². The maximum absolute atomic E-state index is 10.8. The Morgan fingerprint density at radius 3 is 2.42 bits per heavy atom. The fourth-order valence-electron chi connectivity index (χ4n) is 3.74. The van der Waals surface area contributed by atoms with Crippen molar-refractivity contribution < 1.29 is 33.7 Å². The predicted molar refractivity (Wildman–Crippen MR) is 118 cm³/mol. The van der Waals surface area contributed by atoms with Gasteiger partial charge >= 0.3 is 0 Å². The third-order valence-corrected chi connectivity index (χ3v) is 5.91. The lowest BCUT2D eigenvalue weighted by Crippen LogP contribution is -2.64. The molecule has 0 bridgehead atoms. The summed E-state index contributed by atoms with van der Waals surface area (Å²) in [6.07, 6.45) is -4.90. The fraction of sp³-hybridized carbons (Fsp3) is 0.455. The van der Waals surface area contributed by atoms with E-state index in [1.54, 1.807) is 18.2 Å². The van der Waals surface area contributed by atoms with Gasteiger partial charge in [0.25, 0.3) is 0 Å². The summed E-state index contributed by atoms with van der Waals surface area (Å²) in [5, 5.41) is 31.9. The first-order valence-corrected chi connectivity index (χ1v) is 10.6. The van der Waals surface area contributed by atoms with Crippen LogP contribution in [-0.2, 0) is 25.9 Å². The van der Waals surface area contributed by atoms with Crippen molar-refractivity contribution in [2.75, 3.05) is 20.3 Å². The third kappa shape index (κ3) is 5.02. The lowest BCUT2D eigenvalue weighted by molar-refractivity contribution is -0.365. The minimum absolute atomic E-state index is 0.119. The predicted octanol–water partition coefficient (Wildman–Crippen LogP) is 2.47. The van der Waals surface area contributed by atoms with Gasteiger partial charge in [-0.2, -0.15) is 0 Å². The molecule has 1 heterocycles. The number of aliphatic hydroxyl groups excluding tert-OH is 3. The molecular formula is C22H27ClO7S. The average Bonchev–Trinajstić information content (AvgIpc) is 2.77. The number of halogens is 1. The largest absolute Gasteiger partial charge is 0.494 e. The molecular weight excluding hydrogens is 444 g/mol. The lowest BCUT2D eigenvalue weighted by Gasteiger charge is -2.47. The topological polar surface area (TPSA) is 97.6 Å². The van der Waals surface area contributed by atoms with Crippen molar-refractivity contribution in [3.8, 4) is 5.75 Å². The Labute approximate surface area is 192 Å². The standard InChI is InChI=1S/C22H27ClO7S/c1-3-28-16-7-4-13(5-8-16)10-14-11-15(6-9-17(14)23)22(27-2)21(26)20(25)19(24)18(30-22)12-29-31/h4-9,11,18-21,24-26,31H,3,10,12H2,1-2H3/t18-,19-,20+,21-,22+/m1/s1. The second-order valence-corrected chi connectivity index (χ2v) is 7.98. The molecule has 0 aromatic heterocycles. The van der Waals surface area contributed by atoms with Crippen LogP contribution in [0.15, 0.2) is 42.5 Å². The summed E-state index contributed by atoms with van der Waals surface area (Å²) in [4.78, 5) is 0. The zero-order valence-electron chi connectivity index (χ0n) is 17.3. The molecule has 5 atom stereocenters. The summed E-state index contributed by atoms with van der Waals surface area (Å²) in [7, 11) is 1.35. The summed E-state index contributed by atoms with van der Waals surface area (Å²) in [6, 6.07) is 12.8. The van der Waals surface area contributed by atoms with Crippen molar-refractivity contribution in [1.82, 2.24) is 0 Å². The molecule has 170 valence electrons. The Kier molecular flexibility index (Phi) is 8.23. The first kappa shape index (κ1) is 24.3. The van der Waals surface area contributed by atoms with Gasteiger partial charge in [0.1, 0.15) is 30.2 Å². The molecule has 3 N–H and O–H groups in total. The van der Waals surface area contributed by atoms with Gasteiger partial charge in [-0.05, 0) is 61.6 Å². The number of hydrogen-bond donors (Lipinski definition) is 4. The minimum Gasteiger partial charge on any atom is -0.494 e. The van der Waals surface area contributed by atoms with Crippen LogP contribution in [0.25, 0.3) is 0 Å². The average molecular weight is 471 g/mol. The van der Waals surface area contributed by atoms with Crippen LogP contribution >= 0.6 is 24.5 Å². The normalized spacial score (nSPS) is 28.5. The van der Waals surface area contributed by atoms with Crippen LogP contribution in [0.4, 0.5) is 0 Å². The van der Waals surface area contributed by atoms with Crippen LogP contribution in [0, 0.1) is 0 Å². The van der Waals surface area contributed by atoms with Crippen molar-refractivity contribution in [1.29, 1.82) is 0 Å². The Morgan fingerprint density at radius 2 is 1.81 bits per heavy atom. The smallest absolute Gasteiger partial charge is 0.224 e. The maximum Gasteiger partial charge on any atom is 0.224 e.